The van der Waals surface area contributed by atoms with Gasteiger partial charge in [0.05, 0.1) is 16.5 Å². The zero-order valence-electron chi connectivity index (χ0n) is 10.2. The van der Waals surface area contributed by atoms with Crippen molar-refractivity contribution in [3.05, 3.63) is 35.2 Å². The summed E-state index contributed by atoms with van der Waals surface area (Å²) in [6.07, 6.45) is 0. The normalized spacial score (nSPS) is 11.0. The SMILES string of the molecule is Cc1nsc(NS(=O)(=O)c2cc(C#N)ccc2C)n1. The molecule has 98 valence electrons. The fourth-order valence-electron chi connectivity index (χ4n) is 1.47. The van der Waals surface area contributed by atoms with Crippen LogP contribution in [0.3, 0.4) is 0 Å². The van der Waals surface area contributed by atoms with Crippen molar-refractivity contribution in [3.63, 3.8) is 0 Å². The molecule has 1 aromatic carbocycles. The molecule has 2 aromatic rings. The summed E-state index contributed by atoms with van der Waals surface area (Å²) in [4.78, 5) is 4.01. The summed E-state index contributed by atoms with van der Waals surface area (Å²) in [5, 5.41) is 9.03. The lowest BCUT2D eigenvalue weighted by Gasteiger charge is -2.08. The number of aromatic nitrogens is 2. The maximum atomic E-state index is 12.2. The summed E-state index contributed by atoms with van der Waals surface area (Å²) in [7, 11) is -3.76. The number of hydrogen-bond donors (Lipinski definition) is 1. The Kier molecular flexibility index (Phi) is 3.50. The van der Waals surface area contributed by atoms with Gasteiger partial charge in [-0.15, -0.1) is 0 Å². The lowest BCUT2D eigenvalue weighted by atomic mass is 10.2. The van der Waals surface area contributed by atoms with Gasteiger partial charge in [-0.2, -0.15) is 9.64 Å². The second kappa shape index (κ2) is 4.95. The minimum Gasteiger partial charge on any atom is -0.253 e. The van der Waals surface area contributed by atoms with E-state index in [1.807, 2.05) is 6.07 Å². The molecular weight excluding hydrogens is 284 g/mol. The average molecular weight is 294 g/mol. The first-order chi connectivity index (χ1) is 8.92. The van der Waals surface area contributed by atoms with Gasteiger partial charge >= 0.3 is 0 Å². The van der Waals surface area contributed by atoms with Crippen LogP contribution < -0.4 is 4.72 Å². The van der Waals surface area contributed by atoms with E-state index in [9.17, 15) is 8.42 Å². The molecule has 0 radical (unpaired) electrons. The lowest BCUT2D eigenvalue weighted by molar-refractivity contribution is 0.600. The number of nitrogens with one attached hydrogen (secondary N) is 1. The Hall–Kier alpha value is -1.98. The van der Waals surface area contributed by atoms with E-state index in [2.05, 4.69) is 14.1 Å². The number of hydrogen-bond acceptors (Lipinski definition) is 6. The number of nitrogens with zero attached hydrogens (tertiary/aromatic N) is 3. The number of aryl methyl sites for hydroxylation is 2. The maximum absolute atomic E-state index is 12.2. The van der Waals surface area contributed by atoms with Gasteiger partial charge in [-0.25, -0.2) is 13.4 Å². The molecule has 0 unspecified atom stereocenters. The summed E-state index contributed by atoms with van der Waals surface area (Å²) in [5.74, 6) is 0.505. The van der Waals surface area contributed by atoms with Crippen molar-refractivity contribution in [2.75, 3.05) is 4.72 Å². The summed E-state index contributed by atoms with van der Waals surface area (Å²) in [6.45, 7) is 3.34. The topological polar surface area (TPSA) is 95.7 Å². The number of rotatable bonds is 3. The van der Waals surface area contributed by atoms with Gasteiger partial charge in [0, 0.05) is 11.5 Å². The molecule has 0 spiro atoms. The first-order valence-electron chi connectivity index (χ1n) is 5.26. The Morgan fingerprint density at radius 1 is 1.37 bits per heavy atom. The molecule has 6 nitrogen and oxygen atoms in total. The molecule has 1 heterocycles. The van der Waals surface area contributed by atoms with Crippen molar-refractivity contribution in [2.24, 2.45) is 0 Å². The van der Waals surface area contributed by atoms with Crippen LogP contribution in [0, 0.1) is 25.2 Å². The molecule has 19 heavy (non-hydrogen) atoms. The van der Waals surface area contributed by atoms with Crippen molar-refractivity contribution in [1.29, 1.82) is 5.26 Å². The van der Waals surface area contributed by atoms with Crippen LogP contribution in [0.15, 0.2) is 23.1 Å². The summed E-state index contributed by atoms with van der Waals surface area (Å²) in [6, 6.07) is 6.42. The highest BCUT2D eigenvalue weighted by atomic mass is 32.2. The number of anilines is 1. The first-order valence-corrected chi connectivity index (χ1v) is 7.52. The van der Waals surface area contributed by atoms with Crippen molar-refractivity contribution in [1.82, 2.24) is 9.36 Å². The zero-order chi connectivity index (χ0) is 14.0. The van der Waals surface area contributed by atoms with Crippen molar-refractivity contribution in [2.45, 2.75) is 18.7 Å². The fourth-order valence-corrected chi connectivity index (χ4v) is 3.54. The van der Waals surface area contributed by atoms with Gasteiger partial charge in [-0.05, 0) is 31.5 Å². The van der Waals surface area contributed by atoms with Crippen molar-refractivity contribution in [3.8, 4) is 6.07 Å². The highest BCUT2D eigenvalue weighted by Gasteiger charge is 2.19. The monoisotopic (exact) mass is 294 g/mol. The number of benzene rings is 1. The van der Waals surface area contributed by atoms with E-state index in [4.69, 9.17) is 5.26 Å². The lowest BCUT2D eigenvalue weighted by Crippen LogP contribution is -2.14. The van der Waals surface area contributed by atoms with Crippen LogP contribution in [0.2, 0.25) is 0 Å². The van der Waals surface area contributed by atoms with E-state index in [-0.39, 0.29) is 10.0 Å². The molecular formula is C11H10N4O2S2. The first kappa shape index (κ1) is 13.5. The van der Waals surface area contributed by atoms with Gasteiger partial charge in [0.2, 0.25) is 5.13 Å². The third-order valence-electron chi connectivity index (χ3n) is 2.36. The average Bonchev–Trinajstić information content (AvgIpc) is 2.74. The second-order valence-corrected chi connectivity index (χ2v) is 6.25. The molecule has 0 amide bonds. The van der Waals surface area contributed by atoms with Crippen LogP contribution in [0.5, 0.6) is 0 Å². The Labute approximate surface area is 115 Å². The number of sulfonamides is 1. The minimum atomic E-state index is -3.76. The van der Waals surface area contributed by atoms with E-state index >= 15 is 0 Å². The standard InChI is InChI=1S/C11H10N4O2S2/c1-7-3-4-9(6-12)5-10(7)19(16,17)15-11-13-8(2)14-18-11/h3-5H,1-2H3,(H,13,14,15). The highest BCUT2D eigenvalue weighted by Crippen LogP contribution is 2.21. The fraction of sp³-hybridized carbons (Fsp3) is 0.182. The van der Waals surface area contributed by atoms with Gasteiger partial charge in [-0.3, -0.25) is 4.72 Å². The molecule has 0 aliphatic rings. The molecule has 1 N–H and O–H groups in total. The van der Waals surface area contributed by atoms with Crippen molar-refractivity contribution >= 4 is 26.7 Å². The van der Waals surface area contributed by atoms with E-state index in [0.717, 1.165) is 11.5 Å². The minimum absolute atomic E-state index is 0.0689. The molecule has 2 rings (SSSR count). The quantitative estimate of drug-likeness (QED) is 0.931. The summed E-state index contributed by atoms with van der Waals surface area (Å²) >= 11 is 0.970. The third-order valence-corrected chi connectivity index (χ3v) is 4.69. The van der Waals surface area contributed by atoms with Gasteiger partial charge in [0.1, 0.15) is 5.82 Å². The van der Waals surface area contributed by atoms with Gasteiger partial charge in [-0.1, -0.05) is 6.07 Å². The second-order valence-electron chi connectivity index (χ2n) is 3.84. The Morgan fingerprint density at radius 3 is 2.68 bits per heavy atom. The largest absolute Gasteiger partial charge is 0.264 e. The van der Waals surface area contributed by atoms with Crippen LogP contribution in [-0.4, -0.2) is 17.8 Å². The van der Waals surface area contributed by atoms with E-state index in [1.54, 1.807) is 26.0 Å². The predicted molar refractivity (Wildman–Crippen MR) is 71.3 cm³/mol. The summed E-state index contributed by atoms with van der Waals surface area (Å²) in [5.41, 5.74) is 0.854. The third kappa shape index (κ3) is 2.89. The van der Waals surface area contributed by atoms with Crippen LogP contribution in [0.4, 0.5) is 5.13 Å². The molecule has 0 saturated heterocycles. The van der Waals surface area contributed by atoms with Gasteiger partial charge in [0.15, 0.2) is 0 Å². The van der Waals surface area contributed by atoms with Gasteiger partial charge < -0.3 is 0 Å². The molecule has 0 atom stereocenters. The van der Waals surface area contributed by atoms with Crippen molar-refractivity contribution < 1.29 is 8.42 Å². The molecule has 0 bridgehead atoms. The Balaban J connectivity index is 2.42. The molecule has 0 aliphatic heterocycles. The Morgan fingerprint density at radius 2 is 2.11 bits per heavy atom. The Bertz CT molecular complexity index is 759. The molecule has 0 fully saturated rings. The van der Waals surface area contributed by atoms with Crippen LogP contribution in [-0.2, 0) is 10.0 Å². The molecule has 8 heteroatoms. The van der Waals surface area contributed by atoms with Crippen LogP contribution in [0.25, 0.3) is 0 Å². The maximum Gasteiger partial charge on any atom is 0.264 e. The smallest absolute Gasteiger partial charge is 0.253 e. The predicted octanol–water partition coefficient (Wildman–Crippen LogP) is 1.83. The van der Waals surface area contributed by atoms with E-state index < -0.39 is 10.0 Å². The molecule has 1 aromatic heterocycles. The zero-order valence-corrected chi connectivity index (χ0v) is 11.8. The van der Waals surface area contributed by atoms with Crippen LogP contribution >= 0.6 is 11.5 Å². The van der Waals surface area contributed by atoms with E-state index in [1.165, 1.54) is 6.07 Å². The van der Waals surface area contributed by atoms with E-state index in [0.29, 0.717) is 17.0 Å². The molecule has 0 saturated carbocycles. The molecule has 0 aliphatic carbocycles. The number of nitriles is 1. The summed E-state index contributed by atoms with van der Waals surface area (Å²) < 4.78 is 30.7. The van der Waals surface area contributed by atoms with Crippen LogP contribution in [0.1, 0.15) is 17.0 Å². The highest BCUT2D eigenvalue weighted by molar-refractivity contribution is 7.93. The van der Waals surface area contributed by atoms with Gasteiger partial charge in [0.25, 0.3) is 10.0 Å².